The molecule has 2 rings (SSSR count). The second-order valence-corrected chi connectivity index (χ2v) is 4.83. The summed E-state index contributed by atoms with van der Waals surface area (Å²) in [6, 6.07) is 8.03. The molecule has 2 amide bonds. The number of H-pyrrole nitrogens is 1. The van der Waals surface area contributed by atoms with Crippen LogP contribution in [0.4, 0.5) is 0 Å². The summed E-state index contributed by atoms with van der Waals surface area (Å²) < 4.78 is 0. The van der Waals surface area contributed by atoms with Crippen molar-refractivity contribution in [2.75, 3.05) is 0 Å². The van der Waals surface area contributed by atoms with Crippen LogP contribution in [0.15, 0.2) is 36.5 Å². The minimum absolute atomic E-state index is 0.182. The lowest BCUT2D eigenvalue weighted by molar-refractivity contribution is -0.137. The fraction of sp³-hybridized carbons (Fsp3) is 0.200. The van der Waals surface area contributed by atoms with E-state index >= 15 is 0 Å². The van der Waals surface area contributed by atoms with Gasteiger partial charge in [-0.25, -0.2) is 4.98 Å². The number of primary amides is 1. The number of aryl methyl sites for hydroxylation is 1. The van der Waals surface area contributed by atoms with Crippen LogP contribution in [0.1, 0.15) is 21.9 Å². The highest BCUT2D eigenvalue weighted by molar-refractivity contribution is 6.38. The van der Waals surface area contributed by atoms with Crippen LogP contribution >= 0.6 is 0 Å². The number of amides is 2. The number of Topliss-reactive ketones (excluding diaryl/α,β-unsaturated/α-hetero) is 1. The summed E-state index contributed by atoms with van der Waals surface area (Å²) >= 11 is 0. The van der Waals surface area contributed by atoms with E-state index in [1.807, 2.05) is 6.07 Å². The summed E-state index contributed by atoms with van der Waals surface area (Å²) in [5.74, 6) is -1.86. The molecule has 1 heterocycles. The number of hydrogen-bond donors (Lipinski definition) is 3. The number of carbonyl (C=O) groups excluding carboxylic acids is 3. The third-order valence-corrected chi connectivity index (χ3v) is 3.09. The van der Waals surface area contributed by atoms with E-state index in [1.54, 1.807) is 31.2 Å². The van der Waals surface area contributed by atoms with Crippen molar-refractivity contribution in [3.8, 4) is 0 Å². The predicted molar refractivity (Wildman–Crippen MR) is 78.9 cm³/mol. The molecule has 0 saturated carbocycles. The molecule has 0 spiro atoms. The first kappa shape index (κ1) is 15.4. The predicted octanol–water partition coefficient (Wildman–Crippen LogP) is 0.114. The summed E-state index contributed by atoms with van der Waals surface area (Å²) in [5, 5.41) is 2.52. The molecule has 4 N–H and O–H groups in total. The fourth-order valence-electron chi connectivity index (χ4n) is 2.00. The van der Waals surface area contributed by atoms with Crippen molar-refractivity contribution >= 4 is 17.6 Å². The topological polar surface area (TPSA) is 118 Å². The molecule has 0 radical (unpaired) electrons. The van der Waals surface area contributed by atoms with Crippen LogP contribution in [-0.2, 0) is 16.0 Å². The Morgan fingerprint density at radius 1 is 1.27 bits per heavy atom. The molecule has 1 aromatic heterocycles. The number of aromatic amines is 1. The van der Waals surface area contributed by atoms with Crippen LogP contribution in [0.5, 0.6) is 0 Å². The molecule has 0 aliphatic heterocycles. The Morgan fingerprint density at radius 2 is 1.95 bits per heavy atom. The molecular weight excluding hydrogens is 284 g/mol. The van der Waals surface area contributed by atoms with Crippen LogP contribution in [0.25, 0.3) is 0 Å². The second-order valence-electron chi connectivity index (χ2n) is 4.83. The summed E-state index contributed by atoms with van der Waals surface area (Å²) in [7, 11) is 0. The van der Waals surface area contributed by atoms with Crippen molar-refractivity contribution in [3.05, 3.63) is 53.6 Å². The lowest BCUT2D eigenvalue weighted by atomic mass is 10.0. The first-order valence-electron chi connectivity index (χ1n) is 6.67. The van der Waals surface area contributed by atoms with Crippen LogP contribution in [0.2, 0.25) is 0 Å². The SMILES string of the molecule is Cc1ncc(C(=O)NC(Cc2ccccc2)C(=O)C(N)=O)[nH]1. The molecule has 22 heavy (non-hydrogen) atoms. The Hall–Kier alpha value is -2.96. The van der Waals surface area contributed by atoms with E-state index < -0.39 is 23.6 Å². The summed E-state index contributed by atoms with van der Waals surface area (Å²) in [4.78, 5) is 41.8. The van der Waals surface area contributed by atoms with Gasteiger partial charge >= 0.3 is 0 Å². The number of imidazole rings is 1. The Labute approximate surface area is 126 Å². The summed E-state index contributed by atoms with van der Waals surface area (Å²) in [6.07, 6.45) is 1.54. The van der Waals surface area contributed by atoms with Gasteiger partial charge in [0.2, 0.25) is 5.78 Å². The van der Waals surface area contributed by atoms with Crippen LogP contribution < -0.4 is 11.1 Å². The van der Waals surface area contributed by atoms with Crippen molar-refractivity contribution in [3.63, 3.8) is 0 Å². The normalized spacial score (nSPS) is 11.7. The van der Waals surface area contributed by atoms with Crippen LogP contribution in [0.3, 0.4) is 0 Å². The van der Waals surface area contributed by atoms with Crippen molar-refractivity contribution in [1.82, 2.24) is 15.3 Å². The zero-order valence-corrected chi connectivity index (χ0v) is 12.0. The van der Waals surface area contributed by atoms with E-state index in [9.17, 15) is 14.4 Å². The second kappa shape index (κ2) is 6.66. The van der Waals surface area contributed by atoms with Gasteiger partial charge in [-0.1, -0.05) is 30.3 Å². The molecule has 0 aliphatic rings. The summed E-state index contributed by atoms with van der Waals surface area (Å²) in [6.45, 7) is 1.70. The van der Waals surface area contributed by atoms with Gasteiger partial charge in [-0.2, -0.15) is 0 Å². The van der Waals surface area contributed by atoms with Crippen LogP contribution in [-0.4, -0.2) is 33.6 Å². The highest BCUT2D eigenvalue weighted by Crippen LogP contribution is 2.05. The molecule has 2 aromatic rings. The monoisotopic (exact) mass is 300 g/mol. The molecule has 114 valence electrons. The standard InChI is InChI=1S/C15H16N4O3/c1-9-17-8-12(18-9)15(22)19-11(13(20)14(16)21)7-10-5-3-2-4-6-10/h2-6,8,11H,7H2,1H3,(H2,16,21)(H,17,18)(H,19,22). The van der Waals surface area contributed by atoms with Gasteiger partial charge in [0, 0.05) is 6.42 Å². The van der Waals surface area contributed by atoms with Gasteiger partial charge in [0.05, 0.1) is 6.20 Å². The van der Waals surface area contributed by atoms with Gasteiger partial charge in [0.25, 0.3) is 11.8 Å². The number of carbonyl (C=O) groups is 3. The highest BCUT2D eigenvalue weighted by Gasteiger charge is 2.26. The van der Waals surface area contributed by atoms with Gasteiger partial charge in [-0.3, -0.25) is 14.4 Å². The van der Waals surface area contributed by atoms with Gasteiger partial charge in [-0.15, -0.1) is 0 Å². The first-order chi connectivity index (χ1) is 10.5. The van der Waals surface area contributed by atoms with Crippen molar-refractivity contribution in [1.29, 1.82) is 0 Å². The Balaban J connectivity index is 2.16. The van der Waals surface area contributed by atoms with Crippen LogP contribution in [0, 0.1) is 6.92 Å². The number of nitrogens with zero attached hydrogens (tertiary/aromatic N) is 1. The lowest BCUT2D eigenvalue weighted by Gasteiger charge is -2.15. The van der Waals surface area contributed by atoms with E-state index in [0.717, 1.165) is 5.56 Å². The maximum atomic E-state index is 12.1. The lowest BCUT2D eigenvalue weighted by Crippen LogP contribution is -2.47. The zero-order valence-electron chi connectivity index (χ0n) is 12.0. The number of nitrogens with two attached hydrogens (primary N) is 1. The molecule has 0 bridgehead atoms. The number of aromatic nitrogens is 2. The zero-order chi connectivity index (χ0) is 16.1. The number of rotatable bonds is 6. The number of benzene rings is 1. The van der Waals surface area contributed by atoms with E-state index in [0.29, 0.717) is 5.82 Å². The number of ketones is 1. The maximum Gasteiger partial charge on any atom is 0.287 e. The number of nitrogens with one attached hydrogen (secondary N) is 2. The number of hydrogen-bond acceptors (Lipinski definition) is 4. The van der Waals surface area contributed by atoms with Gasteiger partial charge in [0.1, 0.15) is 17.6 Å². The molecule has 7 heteroatoms. The van der Waals surface area contributed by atoms with Gasteiger partial charge in [-0.05, 0) is 12.5 Å². The van der Waals surface area contributed by atoms with Gasteiger partial charge < -0.3 is 16.0 Å². The Morgan fingerprint density at radius 3 is 2.50 bits per heavy atom. The average molecular weight is 300 g/mol. The molecule has 0 saturated heterocycles. The highest BCUT2D eigenvalue weighted by atomic mass is 16.2. The third-order valence-electron chi connectivity index (χ3n) is 3.09. The minimum atomic E-state index is -1.08. The van der Waals surface area contributed by atoms with Crippen molar-refractivity contribution in [2.45, 2.75) is 19.4 Å². The molecule has 1 atom stereocenters. The third kappa shape index (κ3) is 3.78. The van der Waals surface area contributed by atoms with Crippen molar-refractivity contribution in [2.24, 2.45) is 5.73 Å². The molecule has 0 aliphatic carbocycles. The maximum absolute atomic E-state index is 12.1. The fourth-order valence-corrected chi connectivity index (χ4v) is 2.00. The molecule has 1 unspecified atom stereocenters. The van der Waals surface area contributed by atoms with Crippen molar-refractivity contribution < 1.29 is 14.4 Å². The van der Waals surface area contributed by atoms with E-state index in [1.165, 1.54) is 6.20 Å². The van der Waals surface area contributed by atoms with E-state index in [2.05, 4.69) is 15.3 Å². The Kier molecular flexibility index (Phi) is 4.67. The smallest absolute Gasteiger partial charge is 0.287 e. The minimum Gasteiger partial charge on any atom is -0.363 e. The molecule has 1 aromatic carbocycles. The molecular formula is C15H16N4O3. The molecule has 7 nitrogen and oxygen atoms in total. The Bertz CT molecular complexity index is 694. The quantitative estimate of drug-likeness (QED) is 0.656. The van der Waals surface area contributed by atoms with Gasteiger partial charge in [0.15, 0.2) is 0 Å². The average Bonchev–Trinajstić information content (AvgIpc) is 2.93. The van der Waals surface area contributed by atoms with E-state index in [-0.39, 0.29) is 12.1 Å². The largest absolute Gasteiger partial charge is 0.363 e. The van der Waals surface area contributed by atoms with E-state index in [4.69, 9.17) is 5.73 Å². The molecule has 0 fully saturated rings. The first-order valence-corrected chi connectivity index (χ1v) is 6.67. The summed E-state index contributed by atoms with van der Waals surface area (Å²) in [5.41, 5.74) is 6.07.